The molecule has 3 heterocycles. The number of oxazole rings is 1. The molecule has 2 bridgehead atoms. The van der Waals surface area contributed by atoms with Crippen LogP contribution >= 0.6 is 0 Å². The molecule has 0 aliphatic carbocycles. The van der Waals surface area contributed by atoms with Gasteiger partial charge in [0.1, 0.15) is 5.52 Å². The average molecular weight is 259 g/mol. The lowest BCUT2D eigenvalue weighted by molar-refractivity contribution is 0.124. The van der Waals surface area contributed by atoms with E-state index >= 15 is 0 Å². The van der Waals surface area contributed by atoms with Crippen molar-refractivity contribution in [2.75, 3.05) is 10.6 Å². The summed E-state index contributed by atoms with van der Waals surface area (Å²) in [6, 6.07) is 6.93. The van der Waals surface area contributed by atoms with Gasteiger partial charge in [0.05, 0.1) is 6.10 Å². The molecule has 0 saturated carbocycles. The maximum absolute atomic E-state index is 9.84. The number of benzene rings is 1. The van der Waals surface area contributed by atoms with Gasteiger partial charge in [0, 0.05) is 17.8 Å². The summed E-state index contributed by atoms with van der Waals surface area (Å²) in [5.74, 6) is 0. The Balaban J connectivity index is 1.74. The normalized spacial score (nSPS) is 30.2. The molecule has 2 aliphatic rings. The highest BCUT2D eigenvalue weighted by atomic mass is 16.4. The second-order valence-electron chi connectivity index (χ2n) is 5.64. The predicted molar refractivity (Wildman–Crippen MR) is 73.0 cm³/mol. The lowest BCUT2D eigenvalue weighted by atomic mass is 10.0. The first-order chi connectivity index (χ1) is 9.20. The number of nitrogen functional groups attached to an aromatic ring is 1. The first-order valence-electron chi connectivity index (χ1n) is 6.83. The number of aliphatic hydroxyl groups excluding tert-OH is 1. The third kappa shape index (κ3) is 1.69. The summed E-state index contributed by atoms with van der Waals surface area (Å²) >= 11 is 0. The van der Waals surface area contributed by atoms with Crippen LogP contribution in [0.15, 0.2) is 22.6 Å². The van der Waals surface area contributed by atoms with Gasteiger partial charge in [-0.1, -0.05) is 0 Å². The molecule has 2 saturated heterocycles. The van der Waals surface area contributed by atoms with E-state index < -0.39 is 0 Å². The molecule has 100 valence electrons. The van der Waals surface area contributed by atoms with Gasteiger partial charge in [-0.3, -0.25) is 0 Å². The average Bonchev–Trinajstić information content (AvgIpc) is 2.88. The van der Waals surface area contributed by atoms with Crippen LogP contribution in [-0.4, -0.2) is 28.3 Å². The second kappa shape index (κ2) is 3.87. The van der Waals surface area contributed by atoms with Crippen molar-refractivity contribution in [3.8, 4) is 0 Å². The minimum absolute atomic E-state index is 0.172. The predicted octanol–water partition coefficient (Wildman–Crippen LogP) is 1.90. The Hall–Kier alpha value is -1.75. The molecule has 3 N–H and O–H groups in total. The molecule has 0 radical (unpaired) electrons. The number of hydrogen-bond acceptors (Lipinski definition) is 5. The summed E-state index contributed by atoms with van der Waals surface area (Å²) < 4.78 is 5.86. The van der Waals surface area contributed by atoms with Gasteiger partial charge in [-0.15, -0.1) is 0 Å². The van der Waals surface area contributed by atoms with Crippen LogP contribution in [0.3, 0.4) is 0 Å². The van der Waals surface area contributed by atoms with Crippen LogP contribution < -0.4 is 10.6 Å². The van der Waals surface area contributed by atoms with Crippen LogP contribution in [0.2, 0.25) is 0 Å². The lowest BCUT2D eigenvalue weighted by Gasteiger charge is -2.35. The van der Waals surface area contributed by atoms with Crippen molar-refractivity contribution in [1.29, 1.82) is 0 Å². The second-order valence-corrected chi connectivity index (χ2v) is 5.64. The van der Waals surface area contributed by atoms with E-state index in [-0.39, 0.29) is 6.10 Å². The van der Waals surface area contributed by atoms with E-state index in [1.54, 1.807) is 0 Å². The van der Waals surface area contributed by atoms with Crippen LogP contribution in [0.5, 0.6) is 0 Å². The molecule has 2 aromatic rings. The van der Waals surface area contributed by atoms with Crippen LogP contribution in [0.25, 0.3) is 11.1 Å². The standard InChI is InChI=1S/C14H17N3O2/c15-8-1-4-13-12(5-8)16-14(19-13)17-9-2-3-10(17)7-11(18)6-9/h1,4-5,9-11,18H,2-3,6-7,15H2. The van der Waals surface area contributed by atoms with Gasteiger partial charge in [-0.05, 0) is 43.9 Å². The maximum atomic E-state index is 9.84. The molecule has 0 amide bonds. The minimum atomic E-state index is -0.172. The first-order valence-corrected chi connectivity index (χ1v) is 6.83. The van der Waals surface area contributed by atoms with Gasteiger partial charge < -0.3 is 20.2 Å². The molecule has 2 aliphatic heterocycles. The zero-order valence-electron chi connectivity index (χ0n) is 10.6. The lowest BCUT2D eigenvalue weighted by Crippen LogP contribution is -2.44. The Morgan fingerprint density at radius 3 is 2.74 bits per heavy atom. The fraction of sp³-hybridized carbons (Fsp3) is 0.500. The van der Waals surface area contributed by atoms with Crippen molar-refractivity contribution in [2.24, 2.45) is 0 Å². The van der Waals surface area contributed by atoms with E-state index in [9.17, 15) is 5.11 Å². The highest BCUT2D eigenvalue weighted by Crippen LogP contribution is 2.39. The number of fused-ring (bicyclic) bond motifs is 3. The molecule has 1 aromatic carbocycles. The Labute approximate surface area is 111 Å². The summed E-state index contributed by atoms with van der Waals surface area (Å²) in [5.41, 5.74) is 8.05. The number of hydrogen-bond donors (Lipinski definition) is 2. The summed E-state index contributed by atoms with van der Waals surface area (Å²) in [6.07, 6.45) is 3.69. The molecular formula is C14H17N3O2. The summed E-state index contributed by atoms with van der Waals surface area (Å²) in [6.45, 7) is 0. The van der Waals surface area contributed by atoms with E-state index in [1.165, 1.54) is 0 Å². The van der Waals surface area contributed by atoms with E-state index in [0.29, 0.717) is 23.8 Å². The topological polar surface area (TPSA) is 75.5 Å². The van der Waals surface area contributed by atoms with Gasteiger partial charge in [0.25, 0.3) is 6.01 Å². The Morgan fingerprint density at radius 1 is 1.26 bits per heavy atom. The molecule has 2 atom stereocenters. The SMILES string of the molecule is Nc1ccc2oc(N3C4CCC3CC(O)C4)nc2c1. The molecular weight excluding hydrogens is 242 g/mol. The van der Waals surface area contributed by atoms with Gasteiger partial charge >= 0.3 is 0 Å². The van der Waals surface area contributed by atoms with Crippen LogP contribution in [0, 0.1) is 0 Å². The van der Waals surface area contributed by atoms with Crippen molar-refractivity contribution < 1.29 is 9.52 Å². The Morgan fingerprint density at radius 2 is 2.00 bits per heavy atom. The van der Waals surface area contributed by atoms with E-state index in [0.717, 1.165) is 36.8 Å². The molecule has 5 nitrogen and oxygen atoms in total. The summed E-state index contributed by atoms with van der Waals surface area (Å²) in [5, 5.41) is 9.84. The minimum Gasteiger partial charge on any atom is -0.423 e. The molecule has 2 unspecified atom stereocenters. The zero-order chi connectivity index (χ0) is 13.0. The third-order valence-electron chi connectivity index (χ3n) is 4.33. The number of nitrogens with zero attached hydrogens (tertiary/aromatic N) is 2. The Bertz CT molecular complexity index is 610. The Kier molecular flexibility index (Phi) is 2.26. The fourth-order valence-corrected chi connectivity index (χ4v) is 3.50. The molecule has 2 fully saturated rings. The van der Waals surface area contributed by atoms with Crippen molar-refractivity contribution in [3.05, 3.63) is 18.2 Å². The van der Waals surface area contributed by atoms with Crippen molar-refractivity contribution in [1.82, 2.24) is 4.98 Å². The van der Waals surface area contributed by atoms with Crippen molar-refractivity contribution >= 4 is 22.8 Å². The number of aromatic nitrogens is 1. The van der Waals surface area contributed by atoms with Gasteiger partial charge in [0.15, 0.2) is 5.58 Å². The zero-order valence-corrected chi connectivity index (χ0v) is 10.6. The third-order valence-corrected chi connectivity index (χ3v) is 4.33. The number of anilines is 2. The largest absolute Gasteiger partial charge is 0.423 e. The molecule has 5 heteroatoms. The van der Waals surface area contributed by atoms with E-state index in [4.69, 9.17) is 10.2 Å². The highest BCUT2D eigenvalue weighted by molar-refractivity contribution is 5.78. The van der Waals surface area contributed by atoms with Gasteiger partial charge in [-0.25, -0.2) is 0 Å². The highest BCUT2D eigenvalue weighted by Gasteiger charge is 2.42. The van der Waals surface area contributed by atoms with Crippen LogP contribution in [0.1, 0.15) is 25.7 Å². The summed E-state index contributed by atoms with van der Waals surface area (Å²) in [4.78, 5) is 6.81. The van der Waals surface area contributed by atoms with Crippen molar-refractivity contribution in [3.63, 3.8) is 0 Å². The van der Waals surface area contributed by atoms with Gasteiger partial charge in [0.2, 0.25) is 0 Å². The number of aliphatic hydroxyl groups is 1. The summed E-state index contributed by atoms with van der Waals surface area (Å²) in [7, 11) is 0. The molecule has 1 aromatic heterocycles. The quantitative estimate of drug-likeness (QED) is 0.765. The molecule has 4 rings (SSSR count). The van der Waals surface area contributed by atoms with E-state index in [1.807, 2.05) is 18.2 Å². The maximum Gasteiger partial charge on any atom is 0.298 e. The fourth-order valence-electron chi connectivity index (χ4n) is 3.50. The monoisotopic (exact) mass is 259 g/mol. The first kappa shape index (κ1) is 11.1. The van der Waals surface area contributed by atoms with Crippen LogP contribution in [0.4, 0.5) is 11.7 Å². The molecule has 19 heavy (non-hydrogen) atoms. The van der Waals surface area contributed by atoms with Crippen molar-refractivity contribution in [2.45, 2.75) is 43.9 Å². The van der Waals surface area contributed by atoms with E-state index in [2.05, 4.69) is 9.88 Å². The smallest absolute Gasteiger partial charge is 0.298 e. The van der Waals surface area contributed by atoms with Gasteiger partial charge in [-0.2, -0.15) is 4.98 Å². The number of nitrogens with two attached hydrogens (primary N) is 1. The molecule has 0 spiro atoms. The van der Waals surface area contributed by atoms with Crippen LogP contribution in [-0.2, 0) is 0 Å². The number of rotatable bonds is 1. The number of piperidine rings is 1.